The number of rotatable bonds is 3. The highest BCUT2D eigenvalue weighted by atomic mass is 16.1. The molecule has 0 bridgehead atoms. The van der Waals surface area contributed by atoms with Gasteiger partial charge in [-0.3, -0.25) is 4.79 Å². The van der Waals surface area contributed by atoms with Crippen LogP contribution in [0.5, 0.6) is 0 Å². The molecule has 1 aromatic rings. The minimum absolute atomic E-state index is 0.0917. The largest absolute Gasteiger partial charge is 0.371 e. The van der Waals surface area contributed by atoms with Gasteiger partial charge in [-0.2, -0.15) is 0 Å². The first-order chi connectivity index (χ1) is 9.54. The molecule has 116 valence electrons. The monoisotopic (exact) mass is 288 g/mol. The summed E-state index contributed by atoms with van der Waals surface area (Å²) >= 11 is 0. The van der Waals surface area contributed by atoms with Crippen molar-refractivity contribution in [2.24, 2.45) is 16.6 Å². The first-order valence-electron chi connectivity index (χ1n) is 7.69. The van der Waals surface area contributed by atoms with E-state index in [0.717, 1.165) is 24.9 Å². The van der Waals surface area contributed by atoms with Crippen LogP contribution in [0.1, 0.15) is 52.5 Å². The van der Waals surface area contributed by atoms with Crippen molar-refractivity contribution in [3.05, 3.63) is 29.8 Å². The van der Waals surface area contributed by atoms with Crippen molar-refractivity contribution in [3.63, 3.8) is 0 Å². The molecule has 21 heavy (non-hydrogen) atoms. The number of hydrogen-bond acceptors (Lipinski definition) is 2. The molecule has 0 spiro atoms. The number of aryl methyl sites for hydroxylation is 1. The van der Waals surface area contributed by atoms with Crippen LogP contribution in [0.3, 0.4) is 0 Å². The van der Waals surface area contributed by atoms with E-state index < -0.39 is 5.54 Å². The van der Waals surface area contributed by atoms with E-state index in [9.17, 15) is 4.79 Å². The maximum Gasteiger partial charge on any atom is 0.243 e. The molecule has 3 heteroatoms. The van der Waals surface area contributed by atoms with Crippen LogP contribution in [0.4, 0.5) is 5.69 Å². The number of nitrogens with one attached hydrogen (secondary N) is 1. The van der Waals surface area contributed by atoms with Crippen LogP contribution in [0.2, 0.25) is 0 Å². The van der Waals surface area contributed by atoms with Gasteiger partial charge in [-0.15, -0.1) is 0 Å². The van der Waals surface area contributed by atoms with Crippen LogP contribution in [-0.4, -0.2) is 11.4 Å². The zero-order valence-electron chi connectivity index (χ0n) is 13.9. The number of carbonyl (C=O) groups excluding carboxylic acids is 1. The van der Waals surface area contributed by atoms with E-state index in [1.54, 1.807) is 0 Å². The van der Waals surface area contributed by atoms with Gasteiger partial charge in [0.1, 0.15) is 5.54 Å². The molecule has 1 aliphatic carbocycles. The van der Waals surface area contributed by atoms with Gasteiger partial charge in [-0.1, -0.05) is 45.4 Å². The molecule has 3 N–H and O–H groups in total. The Hall–Kier alpha value is -1.51. The van der Waals surface area contributed by atoms with Gasteiger partial charge in [0.25, 0.3) is 0 Å². The van der Waals surface area contributed by atoms with Crippen molar-refractivity contribution in [2.45, 2.75) is 59.4 Å². The number of nitrogens with two attached hydrogens (primary N) is 1. The van der Waals surface area contributed by atoms with E-state index in [1.807, 2.05) is 12.1 Å². The average Bonchev–Trinajstić information content (AvgIpc) is 2.28. The SMILES string of the molecule is Cc1ccc(NC2(C(N)=O)CC(C)(C)CC(C)(C)C2)cc1. The van der Waals surface area contributed by atoms with Crippen molar-refractivity contribution in [1.82, 2.24) is 0 Å². The molecule has 2 rings (SSSR count). The highest BCUT2D eigenvalue weighted by molar-refractivity contribution is 5.88. The molecule has 0 aliphatic heterocycles. The van der Waals surface area contributed by atoms with Crippen LogP contribution < -0.4 is 11.1 Å². The number of hydrogen-bond donors (Lipinski definition) is 2. The summed E-state index contributed by atoms with van der Waals surface area (Å²) in [6, 6.07) is 8.15. The van der Waals surface area contributed by atoms with Gasteiger partial charge in [0.15, 0.2) is 0 Å². The molecule has 0 unspecified atom stereocenters. The third kappa shape index (κ3) is 3.58. The summed E-state index contributed by atoms with van der Waals surface area (Å²) in [6.07, 6.45) is 2.64. The summed E-state index contributed by atoms with van der Waals surface area (Å²) in [6.45, 7) is 11.0. The lowest BCUT2D eigenvalue weighted by atomic mass is 9.58. The predicted molar refractivity (Wildman–Crippen MR) is 88.1 cm³/mol. The Kier molecular flexibility index (Phi) is 3.81. The first-order valence-corrected chi connectivity index (χ1v) is 7.69. The Morgan fingerprint density at radius 3 is 1.90 bits per heavy atom. The second-order valence-electron chi connectivity index (χ2n) is 8.30. The number of benzene rings is 1. The van der Waals surface area contributed by atoms with Crippen LogP contribution >= 0.6 is 0 Å². The molecular weight excluding hydrogens is 260 g/mol. The molecule has 1 fully saturated rings. The van der Waals surface area contributed by atoms with Crippen LogP contribution in [0.15, 0.2) is 24.3 Å². The Morgan fingerprint density at radius 1 is 1.00 bits per heavy atom. The van der Waals surface area contributed by atoms with Gasteiger partial charge in [-0.25, -0.2) is 0 Å². The number of primary amides is 1. The third-order valence-corrected chi connectivity index (χ3v) is 4.42. The summed E-state index contributed by atoms with van der Waals surface area (Å²) in [5.41, 5.74) is 7.51. The fourth-order valence-electron chi connectivity index (χ4n) is 4.35. The second kappa shape index (κ2) is 5.04. The van der Waals surface area contributed by atoms with Gasteiger partial charge >= 0.3 is 0 Å². The highest BCUT2D eigenvalue weighted by Crippen LogP contribution is 2.51. The lowest BCUT2D eigenvalue weighted by molar-refractivity contribution is -0.126. The van der Waals surface area contributed by atoms with E-state index >= 15 is 0 Å². The Morgan fingerprint density at radius 2 is 1.48 bits per heavy atom. The van der Waals surface area contributed by atoms with E-state index in [2.05, 4.69) is 52.1 Å². The highest BCUT2D eigenvalue weighted by Gasteiger charge is 2.50. The number of anilines is 1. The van der Waals surface area contributed by atoms with E-state index in [-0.39, 0.29) is 16.7 Å². The van der Waals surface area contributed by atoms with E-state index in [4.69, 9.17) is 5.73 Å². The molecule has 3 nitrogen and oxygen atoms in total. The summed E-state index contributed by atoms with van der Waals surface area (Å²) in [4.78, 5) is 12.3. The average molecular weight is 288 g/mol. The summed E-state index contributed by atoms with van der Waals surface area (Å²) < 4.78 is 0. The molecule has 0 saturated heterocycles. The second-order valence-corrected chi connectivity index (χ2v) is 8.30. The molecule has 1 aliphatic rings. The normalized spacial score (nSPS) is 22.5. The molecular formula is C18H28N2O. The number of amides is 1. The predicted octanol–water partition coefficient (Wildman–Crippen LogP) is 3.87. The van der Waals surface area contributed by atoms with Crippen molar-refractivity contribution >= 4 is 11.6 Å². The van der Waals surface area contributed by atoms with Gasteiger partial charge in [0, 0.05) is 5.69 Å². The van der Waals surface area contributed by atoms with Crippen LogP contribution in [0.25, 0.3) is 0 Å². The fourth-order valence-corrected chi connectivity index (χ4v) is 4.35. The van der Waals surface area contributed by atoms with E-state index in [1.165, 1.54) is 5.56 Å². The fraction of sp³-hybridized carbons (Fsp3) is 0.611. The molecule has 1 saturated carbocycles. The minimum atomic E-state index is -0.666. The van der Waals surface area contributed by atoms with Crippen molar-refractivity contribution in [1.29, 1.82) is 0 Å². The Bertz CT molecular complexity index is 513. The molecule has 0 atom stereocenters. The van der Waals surface area contributed by atoms with Crippen molar-refractivity contribution in [3.8, 4) is 0 Å². The Labute approximate surface area is 128 Å². The standard InChI is InChI=1S/C18H28N2O/c1-13-6-8-14(9-7-13)20-18(15(19)21)11-16(2,3)10-17(4,5)12-18/h6-9,20H,10-12H2,1-5H3,(H2,19,21). The lowest BCUT2D eigenvalue weighted by Gasteiger charge is -2.51. The molecule has 1 amide bonds. The minimum Gasteiger partial charge on any atom is -0.371 e. The topological polar surface area (TPSA) is 55.1 Å². The smallest absolute Gasteiger partial charge is 0.243 e. The molecule has 0 heterocycles. The molecule has 0 radical (unpaired) electrons. The molecule has 1 aromatic carbocycles. The summed E-state index contributed by atoms with van der Waals surface area (Å²) in [5, 5.41) is 3.46. The summed E-state index contributed by atoms with van der Waals surface area (Å²) in [7, 11) is 0. The van der Waals surface area contributed by atoms with Crippen LogP contribution in [-0.2, 0) is 4.79 Å². The maximum absolute atomic E-state index is 12.3. The lowest BCUT2D eigenvalue weighted by Crippen LogP contribution is -2.58. The zero-order chi connectivity index (χ0) is 15.9. The maximum atomic E-state index is 12.3. The van der Waals surface area contributed by atoms with Gasteiger partial charge in [0.2, 0.25) is 5.91 Å². The quantitative estimate of drug-likeness (QED) is 0.887. The first kappa shape index (κ1) is 15.9. The Balaban J connectivity index is 2.36. The van der Waals surface area contributed by atoms with E-state index in [0.29, 0.717) is 0 Å². The van der Waals surface area contributed by atoms with Gasteiger partial charge in [-0.05, 0) is 49.1 Å². The summed E-state index contributed by atoms with van der Waals surface area (Å²) in [5.74, 6) is -0.246. The van der Waals surface area contributed by atoms with Crippen molar-refractivity contribution < 1.29 is 4.79 Å². The van der Waals surface area contributed by atoms with Gasteiger partial charge in [0.05, 0.1) is 0 Å². The number of carbonyl (C=O) groups is 1. The third-order valence-electron chi connectivity index (χ3n) is 4.42. The van der Waals surface area contributed by atoms with Crippen LogP contribution in [0, 0.1) is 17.8 Å². The zero-order valence-corrected chi connectivity index (χ0v) is 13.9. The molecule has 0 aromatic heterocycles. The van der Waals surface area contributed by atoms with Gasteiger partial charge < -0.3 is 11.1 Å². The van der Waals surface area contributed by atoms with Crippen molar-refractivity contribution in [2.75, 3.05) is 5.32 Å².